The van der Waals surface area contributed by atoms with E-state index in [1.54, 1.807) is 7.11 Å². The van der Waals surface area contributed by atoms with Crippen molar-refractivity contribution in [2.45, 2.75) is 50.8 Å². The van der Waals surface area contributed by atoms with Gasteiger partial charge in [-0.1, -0.05) is 0 Å². The molecule has 0 spiro atoms. The molecule has 1 unspecified atom stereocenters. The molecule has 15 heavy (non-hydrogen) atoms. The van der Waals surface area contributed by atoms with Crippen LogP contribution in [0.5, 0.6) is 0 Å². The van der Waals surface area contributed by atoms with Gasteiger partial charge in [-0.05, 0) is 33.1 Å². The van der Waals surface area contributed by atoms with Crippen LogP contribution in [0.1, 0.15) is 33.1 Å². The largest absolute Gasteiger partial charge is 0.379 e. The van der Waals surface area contributed by atoms with E-state index < -0.39 is 0 Å². The van der Waals surface area contributed by atoms with Crippen molar-refractivity contribution in [3.8, 4) is 0 Å². The molecule has 4 heteroatoms. The Morgan fingerprint density at radius 3 is 2.73 bits per heavy atom. The summed E-state index contributed by atoms with van der Waals surface area (Å²) in [5.41, 5.74) is 5.82. The molecule has 1 aliphatic heterocycles. The fourth-order valence-electron chi connectivity index (χ4n) is 2.21. The minimum absolute atomic E-state index is 0.0854. The zero-order chi connectivity index (χ0) is 11.1. The van der Waals surface area contributed by atoms with Gasteiger partial charge in [-0.25, -0.2) is 0 Å². The zero-order valence-electron chi connectivity index (χ0n) is 9.86. The number of guanidine groups is 1. The van der Waals surface area contributed by atoms with Gasteiger partial charge < -0.3 is 15.4 Å². The minimum Gasteiger partial charge on any atom is -0.379 e. The fourth-order valence-corrected chi connectivity index (χ4v) is 2.21. The number of methoxy groups -OCH3 is 1. The van der Waals surface area contributed by atoms with Crippen LogP contribution in [0.25, 0.3) is 0 Å². The van der Waals surface area contributed by atoms with Gasteiger partial charge in [0.2, 0.25) is 0 Å². The van der Waals surface area contributed by atoms with Crippen molar-refractivity contribution in [2.24, 2.45) is 10.7 Å². The first kappa shape index (κ1) is 10.7. The van der Waals surface area contributed by atoms with E-state index >= 15 is 0 Å². The molecule has 1 saturated carbocycles. The molecular formula is C11H21N3O. The molecule has 0 bridgehead atoms. The summed E-state index contributed by atoms with van der Waals surface area (Å²) >= 11 is 0. The van der Waals surface area contributed by atoms with Crippen LogP contribution < -0.4 is 5.73 Å². The lowest BCUT2D eigenvalue weighted by molar-refractivity contribution is 0.000925. The minimum atomic E-state index is -0.0854. The summed E-state index contributed by atoms with van der Waals surface area (Å²) in [7, 11) is 1.76. The summed E-state index contributed by atoms with van der Waals surface area (Å²) in [6, 6.07) is 1.08. The smallest absolute Gasteiger partial charge is 0.191 e. The lowest BCUT2D eigenvalue weighted by Gasteiger charge is -2.32. The molecule has 0 aromatic rings. The molecule has 1 heterocycles. The van der Waals surface area contributed by atoms with E-state index in [0.717, 1.165) is 18.9 Å². The van der Waals surface area contributed by atoms with Crippen molar-refractivity contribution in [2.75, 3.05) is 13.7 Å². The van der Waals surface area contributed by atoms with Gasteiger partial charge in [0.25, 0.3) is 0 Å². The molecular weight excluding hydrogens is 190 g/mol. The van der Waals surface area contributed by atoms with Crippen LogP contribution in [0.4, 0.5) is 0 Å². The number of nitrogens with zero attached hydrogens (tertiary/aromatic N) is 2. The fraction of sp³-hybridized carbons (Fsp3) is 0.909. The Morgan fingerprint density at radius 1 is 1.53 bits per heavy atom. The van der Waals surface area contributed by atoms with Gasteiger partial charge in [0.15, 0.2) is 5.96 Å². The number of hydrogen-bond donors (Lipinski definition) is 1. The highest BCUT2D eigenvalue weighted by Crippen LogP contribution is 2.33. The Balaban J connectivity index is 1.98. The molecule has 4 nitrogen and oxygen atoms in total. The van der Waals surface area contributed by atoms with Gasteiger partial charge >= 0.3 is 0 Å². The highest BCUT2D eigenvalue weighted by molar-refractivity contribution is 5.80. The van der Waals surface area contributed by atoms with E-state index in [-0.39, 0.29) is 5.60 Å². The van der Waals surface area contributed by atoms with Gasteiger partial charge in [0, 0.05) is 13.2 Å². The second-order valence-corrected chi connectivity index (χ2v) is 5.16. The van der Waals surface area contributed by atoms with Crippen molar-refractivity contribution in [1.29, 1.82) is 0 Å². The SMILES string of the molecule is COC(C)(C)CC1CN=C(N)N1C1CC1. The highest BCUT2D eigenvalue weighted by Gasteiger charge is 2.40. The van der Waals surface area contributed by atoms with Crippen molar-refractivity contribution in [3.63, 3.8) is 0 Å². The Labute approximate surface area is 91.5 Å². The second-order valence-electron chi connectivity index (χ2n) is 5.16. The van der Waals surface area contributed by atoms with Gasteiger partial charge in [0.05, 0.1) is 18.2 Å². The van der Waals surface area contributed by atoms with Crippen LogP contribution in [0.3, 0.4) is 0 Å². The van der Waals surface area contributed by atoms with Crippen molar-refractivity contribution in [3.05, 3.63) is 0 Å². The van der Waals surface area contributed by atoms with Crippen LogP contribution in [0, 0.1) is 0 Å². The topological polar surface area (TPSA) is 50.9 Å². The predicted molar refractivity (Wildman–Crippen MR) is 60.8 cm³/mol. The number of rotatable bonds is 4. The first-order valence-corrected chi connectivity index (χ1v) is 5.67. The maximum absolute atomic E-state index is 5.91. The Morgan fingerprint density at radius 2 is 2.20 bits per heavy atom. The lowest BCUT2D eigenvalue weighted by atomic mass is 9.98. The number of aliphatic imine (C=N–C) groups is 1. The Hall–Kier alpha value is -0.770. The third-order valence-corrected chi connectivity index (χ3v) is 3.34. The van der Waals surface area contributed by atoms with Gasteiger partial charge in [0.1, 0.15) is 0 Å². The molecule has 1 fully saturated rings. The molecule has 0 amide bonds. The summed E-state index contributed by atoms with van der Waals surface area (Å²) in [5.74, 6) is 0.731. The van der Waals surface area contributed by atoms with Crippen molar-refractivity contribution >= 4 is 5.96 Å². The van der Waals surface area contributed by atoms with E-state index in [0.29, 0.717) is 12.1 Å². The molecule has 2 aliphatic rings. The molecule has 0 aromatic heterocycles. The molecule has 86 valence electrons. The molecule has 1 atom stereocenters. The average Bonchev–Trinajstić information content (AvgIpc) is 2.94. The van der Waals surface area contributed by atoms with Crippen LogP contribution >= 0.6 is 0 Å². The van der Waals surface area contributed by atoms with Crippen LogP contribution in [0.15, 0.2) is 4.99 Å². The summed E-state index contributed by atoms with van der Waals surface area (Å²) in [5, 5.41) is 0. The summed E-state index contributed by atoms with van der Waals surface area (Å²) in [6.45, 7) is 5.06. The maximum Gasteiger partial charge on any atom is 0.191 e. The maximum atomic E-state index is 5.91. The van der Waals surface area contributed by atoms with Gasteiger partial charge in [-0.15, -0.1) is 0 Å². The number of hydrogen-bond acceptors (Lipinski definition) is 4. The molecule has 0 radical (unpaired) electrons. The standard InChI is InChI=1S/C11H21N3O/c1-11(2,15-3)6-9-7-13-10(12)14(9)8-4-5-8/h8-9H,4-7H2,1-3H3,(H2,12,13). The van der Waals surface area contributed by atoms with E-state index in [1.165, 1.54) is 12.8 Å². The Kier molecular flexibility index (Phi) is 2.63. The lowest BCUT2D eigenvalue weighted by Crippen LogP contribution is -2.45. The van der Waals surface area contributed by atoms with E-state index in [1.807, 2.05) is 0 Å². The quantitative estimate of drug-likeness (QED) is 0.753. The van der Waals surface area contributed by atoms with E-state index in [9.17, 15) is 0 Å². The monoisotopic (exact) mass is 211 g/mol. The average molecular weight is 211 g/mol. The predicted octanol–water partition coefficient (Wildman–Crippen LogP) is 0.963. The third-order valence-electron chi connectivity index (χ3n) is 3.34. The van der Waals surface area contributed by atoms with Crippen LogP contribution in [0.2, 0.25) is 0 Å². The summed E-state index contributed by atoms with van der Waals surface area (Å²) in [6.07, 6.45) is 3.52. The number of nitrogens with two attached hydrogens (primary N) is 1. The van der Waals surface area contributed by atoms with Crippen LogP contribution in [-0.4, -0.2) is 42.2 Å². The third kappa shape index (κ3) is 2.25. The Bertz CT molecular complexity index is 271. The number of ether oxygens (including phenoxy) is 1. The summed E-state index contributed by atoms with van der Waals surface area (Å²) in [4.78, 5) is 6.64. The summed E-state index contributed by atoms with van der Waals surface area (Å²) < 4.78 is 5.46. The highest BCUT2D eigenvalue weighted by atomic mass is 16.5. The van der Waals surface area contributed by atoms with Crippen molar-refractivity contribution < 1.29 is 4.74 Å². The second kappa shape index (κ2) is 3.67. The molecule has 0 aromatic carbocycles. The van der Waals surface area contributed by atoms with E-state index in [4.69, 9.17) is 10.5 Å². The zero-order valence-corrected chi connectivity index (χ0v) is 9.86. The first-order chi connectivity index (χ1) is 7.03. The van der Waals surface area contributed by atoms with Crippen LogP contribution in [-0.2, 0) is 4.74 Å². The van der Waals surface area contributed by atoms with Crippen molar-refractivity contribution in [1.82, 2.24) is 4.90 Å². The molecule has 0 saturated heterocycles. The van der Waals surface area contributed by atoms with Gasteiger partial charge in [-0.2, -0.15) is 0 Å². The molecule has 2 N–H and O–H groups in total. The van der Waals surface area contributed by atoms with E-state index in [2.05, 4.69) is 23.7 Å². The molecule has 1 aliphatic carbocycles. The van der Waals surface area contributed by atoms with Gasteiger partial charge in [-0.3, -0.25) is 4.99 Å². The molecule has 2 rings (SSSR count). The first-order valence-electron chi connectivity index (χ1n) is 5.67. The normalized spacial score (nSPS) is 27.0.